The van der Waals surface area contributed by atoms with Crippen LogP contribution in [0.2, 0.25) is 0 Å². The highest BCUT2D eigenvalue weighted by Crippen LogP contribution is 2.65. The van der Waals surface area contributed by atoms with Crippen molar-refractivity contribution in [2.24, 2.45) is 28.9 Å². The standard InChI is InChI=1S/C27H36F5N5O6/c1-11(43-13-8-26(28,29)9-13)17(35-23(42)27(30,31)32)22(41)37-10-14-16(24(14,2)3)18(37)21(40)34-15(19(33)38)6-12-7-25(4-5-25)36-20(12)39/h11-18H,4-10H2,1-3H3,(H2,33,38)(H,34,40)(H,35,42)(H,36,39)/t11-,12-,14?,15+,16?,17+,18?/m1/s1. The second kappa shape index (κ2) is 10.3. The van der Waals surface area contributed by atoms with Gasteiger partial charge in [-0.3, -0.25) is 24.0 Å². The number of likely N-dealkylation sites (tertiary alicyclic amines) is 1. The van der Waals surface area contributed by atoms with Crippen LogP contribution in [0.5, 0.6) is 0 Å². The van der Waals surface area contributed by atoms with Gasteiger partial charge in [0.2, 0.25) is 23.6 Å². The molecule has 11 nitrogen and oxygen atoms in total. The number of hydrogen-bond acceptors (Lipinski definition) is 6. The van der Waals surface area contributed by atoms with Crippen LogP contribution in [0.3, 0.4) is 0 Å². The minimum atomic E-state index is -5.35. The van der Waals surface area contributed by atoms with Crippen LogP contribution in [0.25, 0.3) is 0 Å². The number of rotatable bonds is 10. The minimum absolute atomic E-state index is 0.0318. The number of nitrogens with two attached hydrogens (primary N) is 1. The number of nitrogens with one attached hydrogen (secondary N) is 3. The van der Waals surface area contributed by atoms with E-state index in [1.165, 1.54) is 6.92 Å². The predicted molar refractivity (Wildman–Crippen MR) is 137 cm³/mol. The summed E-state index contributed by atoms with van der Waals surface area (Å²) in [6, 6.07) is -4.42. The van der Waals surface area contributed by atoms with Gasteiger partial charge in [-0.1, -0.05) is 13.8 Å². The highest BCUT2D eigenvalue weighted by Gasteiger charge is 2.70. The maximum absolute atomic E-state index is 13.8. The van der Waals surface area contributed by atoms with Crippen LogP contribution in [0.4, 0.5) is 22.0 Å². The summed E-state index contributed by atoms with van der Waals surface area (Å²) in [6.07, 6.45) is -7.14. The molecule has 3 saturated carbocycles. The number of hydrogen-bond donors (Lipinski definition) is 4. The van der Waals surface area contributed by atoms with Crippen LogP contribution >= 0.6 is 0 Å². The van der Waals surface area contributed by atoms with Gasteiger partial charge in [-0.25, -0.2) is 8.78 Å². The lowest BCUT2D eigenvalue weighted by atomic mass is 9.90. The molecule has 2 saturated heterocycles. The van der Waals surface area contributed by atoms with Gasteiger partial charge in [0.1, 0.15) is 18.1 Å². The largest absolute Gasteiger partial charge is 0.471 e. The zero-order valence-electron chi connectivity index (χ0n) is 23.9. The normalized spacial score (nSPS) is 31.7. The summed E-state index contributed by atoms with van der Waals surface area (Å²) in [4.78, 5) is 65.1. The Hall–Kier alpha value is -3.04. The highest BCUT2D eigenvalue weighted by atomic mass is 19.4. The number of alkyl halides is 5. The van der Waals surface area contributed by atoms with Crippen molar-refractivity contribution in [2.45, 2.75) is 107 Å². The van der Waals surface area contributed by atoms with E-state index >= 15 is 0 Å². The van der Waals surface area contributed by atoms with Gasteiger partial charge in [0, 0.05) is 30.8 Å². The Morgan fingerprint density at radius 3 is 2.26 bits per heavy atom. The first-order valence-corrected chi connectivity index (χ1v) is 14.4. The Morgan fingerprint density at radius 1 is 1.12 bits per heavy atom. The number of ether oxygens (including phenoxy) is 1. The zero-order chi connectivity index (χ0) is 31.9. The van der Waals surface area contributed by atoms with E-state index in [0.717, 1.165) is 17.7 Å². The number of halogens is 5. The fraction of sp³-hybridized carbons (Fsp3) is 0.815. The first-order valence-electron chi connectivity index (χ1n) is 14.4. The van der Waals surface area contributed by atoms with E-state index in [4.69, 9.17) is 10.5 Å². The molecule has 3 unspecified atom stereocenters. The average molecular weight is 622 g/mol. The molecular formula is C27H36F5N5O6. The van der Waals surface area contributed by atoms with E-state index in [1.54, 1.807) is 5.32 Å². The topological polar surface area (TPSA) is 160 Å². The van der Waals surface area contributed by atoms with E-state index in [0.29, 0.717) is 6.42 Å². The van der Waals surface area contributed by atoms with Gasteiger partial charge in [0.15, 0.2) is 0 Å². The SMILES string of the molecule is C[C@@H](OC1CC(F)(F)C1)[C@H](NC(=O)C(F)(F)F)C(=O)N1CC2C(C1C(=O)N[C@@H](C[C@@H]1CC3(CC3)NC1=O)C(N)=O)C2(C)C. The molecule has 5 amide bonds. The first kappa shape index (κ1) is 31.4. The number of fused-ring (bicyclic) bond motifs is 1. The van der Waals surface area contributed by atoms with Crippen LogP contribution < -0.4 is 21.7 Å². The van der Waals surface area contributed by atoms with Gasteiger partial charge in [0.25, 0.3) is 5.92 Å². The van der Waals surface area contributed by atoms with E-state index in [1.807, 2.05) is 13.8 Å². The molecule has 0 aromatic heterocycles. The second-order valence-corrected chi connectivity index (χ2v) is 13.4. The Balaban J connectivity index is 1.33. The van der Waals surface area contributed by atoms with Crippen molar-refractivity contribution in [1.82, 2.24) is 20.9 Å². The maximum atomic E-state index is 13.8. The van der Waals surface area contributed by atoms with Crippen LogP contribution in [0.1, 0.15) is 59.3 Å². The molecule has 0 bridgehead atoms. The number of piperidine rings is 1. The Bertz CT molecular complexity index is 1220. The van der Waals surface area contributed by atoms with Gasteiger partial charge < -0.3 is 31.3 Å². The molecule has 5 rings (SSSR count). The predicted octanol–water partition coefficient (Wildman–Crippen LogP) is 0.748. The van der Waals surface area contributed by atoms with Gasteiger partial charge in [-0.15, -0.1) is 0 Å². The summed E-state index contributed by atoms with van der Waals surface area (Å²) in [5, 5.41) is 7.09. The summed E-state index contributed by atoms with van der Waals surface area (Å²) in [5.74, 6) is -9.60. The summed E-state index contributed by atoms with van der Waals surface area (Å²) in [5.41, 5.74) is 4.86. The van der Waals surface area contributed by atoms with E-state index in [-0.39, 0.29) is 30.3 Å². The molecule has 5 aliphatic rings. The molecule has 5 N–H and O–H groups in total. The third kappa shape index (κ3) is 6.03. The molecule has 5 fully saturated rings. The molecule has 2 aliphatic heterocycles. The minimum Gasteiger partial charge on any atom is -0.372 e. The van der Waals surface area contributed by atoms with Crippen molar-refractivity contribution in [3.05, 3.63) is 0 Å². The summed E-state index contributed by atoms with van der Waals surface area (Å²) in [7, 11) is 0. The Morgan fingerprint density at radius 2 is 1.74 bits per heavy atom. The van der Waals surface area contributed by atoms with Crippen molar-refractivity contribution >= 4 is 29.5 Å². The Labute approximate surface area is 244 Å². The van der Waals surface area contributed by atoms with Crippen LogP contribution in [-0.4, -0.2) is 89.0 Å². The molecule has 0 radical (unpaired) electrons. The van der Waals surface area contributed by atoms with E-state index < -0.39 is 96.2 Å². The third-order valence-electron chi connectivity index (χ3n) is 9.93. The molecular weight excluding hydrogens is 585 g/mol. The molecule has 16 heteroatoms. The van der Waals surface area contributed by atoms with Gasteiger partial charge >= 0.3 is 12.1 Å². The molecule has 0 aromatic carbocycles. The number of carbonyl (C=O) groups is 5. The number of nitrogens with zero attached hydrogens (tertiary/aromatic N) is 1. The highest BCUT2D eigenvalue weighted by molar-refractivity contribution is 5.96. The van der Waals surface area contributed by atoms with Crippen molar-refractivity contribution < 1.29 is 50.7 Å². The lowest BCUT2D eigenvalue weighted by molar-refractivity contribution is -0.190. The molecule has 0 aromatic rings. The smallest absolute Gasteiger partial charge is 0.372 e. The van der Waals surface area contributed by atoms with Crippen molar-refractivity contribution in [3.63, 3.8) is 0 Å². The summed E-state index contributed by atoms with van der Waals surface area (Å²) < 4.78 is 71.7. The summed E-state index contributed by atoms with van der Waals surface area (Å²) >= 11 is 0. The van der Waals surface area contributed by atoms with E-state index in [2.05, 4.69) is 10.6 Å². The lowest BCUT2D eigenvalue weighted by Gasteiger charge is -2.39. The van der Waals surface area contributed by atoms with Crippen LogP contribution in [0, 0.1) is 23.2 Å². The fourth-order valence-corrected chi connectivity index (χ4v) is 7.12. The monoisotopic (exact) mass is 621 g/mol. The van der Waals surface area contributed by atoms with Crippen molar-refractivity contribution in [3.8, 4) is 0 Å². The second-order valence-electron chi connectivity index (χ2n) is 13.4. The molecule has 43 heavy (non-hydrogen) atoms. The third-order valence-corrected chi connectivity index (χ3v) is 9.93. The lowest BCUT2D eigenvalue weighted by Crippen LogP contribution is -2.62. The molecule has 2 heterocycles. The molecule has 3 aliphatic carbocycles. The molecule has 240 valence electrons. The van der Waals surface area contributed by atoms with Crippen molar-refractivity contribution in [1.29, 1.82) is 0 Å². The molecule has 7 atom stereocenters. The fourth-order valence-electron chi connectivity index (χ4n) is 7.12. The zero-order valence-corrected chi connectivity index (χ0v) is 23.9. The maximum Gasteiger partial charge on any atom is 0.471 e. The Kier molecular flexibility index (Phi) is 7.49. The first-order chi connectivity index (χ1) is 19.7. The van der Waals surface area contributed by atoms with E-state index in [9.17, 15) is 45.9 Å². The van der Waals surface area contributed by atoms with Crippen LogP contribution in [0.15, 0.2) is 0 Å². The van der Waals surface area contributed by atoms with Gasteiger partial charge in [-0.2, -0.15) is 13.2 Å². The van der Waals surface area contributed by atoms with Gasteiger partial charge in [-0.05, 0) is 49.9 Å². The quantitative estimate of drug-likeness (QED) is 0.264. The molecule has 1 spiro atoms. The average Bonchev–Trinajstić information content (AvgIpc) is 3.58. The van der Waals surface area contributed by atoms with Gasteiger partial charge in [0.05, 0.1) is 12.2 Å². The van der Waals surface area contributed by atoms with Crippen molar-refractivity contribution in [2.75, 3.05) is 6.54 Å². The summed E-state index contributed by atoms with van der Waals surface area (Å²) in [6.45, 7) is 4.88. The number of amides is 5. The number of carbonyl (C=O) groups excluding carboxylic acids is 5. The number of primary amides is 1. The van der Waals surface area contributed by atoms with Crippen LogP contribution in [-0.2, 0) is 28.7 Å².